The molecule has 0 saturated carbocycles. The Hall–Kier alpha value is -1.30. The van der Waals surface area contributed by atoms with Gasteiger partial charge in [0.2, 0.25) is 0 Å². The van der Waals surface area contributed by atoms with Gasteiger partial charge in [-0.05, 0) is 39.3 Å². The summed E-state index contributed by atoms with van der Waals surface area (Å²) in [6.45, 7) is 6.73. The molecule has 6 nitrogen and oxygen atoms in total. The highest BCUT2D eigenvalue weighted by atomic mass is 16.4. The number of carboxylic acids is 1. The Morgan fingerprint density at radius 3 is 2.84 bits per heavy atom. The van der Waals surface area contributed by atoms with Crippen molar-refractivity contribution in [3.63, 3.8) is 0 Å². The van der Waals surface area contributed by atoms with Gasteiger partial charge in [0.15, 0.2) is 0 Å². The predicted octanol–water partition coefficient (Wildman–Crippen LogP) is 1.02. The zero-order valence-corrected chi connectivity index (χ0v) is 11.8. The minimum atomic E-state index is -0.835. The summed E-state index contributed by atoms with van der Waals surface area (Å²) in [6.07, 6.45) is 2.85. The summed E-state index contributed by atoms with van der Waals surface area (Å²) in [6, 6.07) is 0.105. The van der Waals surface area contributed by atoms with E-state index in [0.717, 1.165) is 19.5 Å². The molecule has 3 N–H and O–H groups in total. The maximum atomic E-state index is 11.7. The first-order valence-corrected chi connectivity index (χ1v) is 7.03. The van der Waals surface area contributed by atoms with Crippen LogP contribution in [0, 0.1) is 0 Å². The van der Waals surface area contributed by atoms with Crippen LogP contribution >= 0.6 is 0 Å². The smallest absolute Gasteiger partial charge is 0.315 e. The highest BCUT2D eigenvalue weighted by molar-refractivity contribution is 5.74. The zero-order valence-electron chi connectivity index (χ0n) is 11.8. The highest BCUT2D eigenvalue weighted by Gasteiger charge is 2.23. The number of carbonyl (C=O) groups is 2. The number of hydrogen-bond donors (Lipinski definition) is 3. The van der Waals surface area contributed by atoms with Crippen molar-refractivity contribution in [2.75, 3.05) is 19.6 Å². The third-order valence-corrected chi connectivity index (χ3v) is 3.57. The van der Waals surface area contributed by atoms with Gasteiger partial charge in [0, 0.05) is 25.0 Å². The van der Waals surface area contributed by atoms with Crippen LogP contribution in [-0.2, 0) is 4.79 Å². The fraction of sp³-hybridized carbons (Fsp3) is 0.846. The second kappa shape index (κ2) is 7.99. The molecule has 1 heterocycles. The lowest BCUT2D eigenvalue weighted by atomic mass is 10.2. The lowest BCUT2D eigenvalue weighted by molar-refractivity contribution is -0.137. The summed E-state index contributed by atoms with van der Waals surface area (Å²) in [7, 11) is 0. The molecular weight excluding hydrogens is 246 g/mol. The largest absolute Gasteiger partial charge is 0.481 e. The average molecular weight is 271 g/mol. The number of nitrogens with zero attached hydrogens (tertiary/aromatic N) is 1. The van der Waals surface area contributed by atoms with Crippen molar-refractivity contribution in [1.82, 2.24) is 15.5 Å². The molecule has 0 bridgehead atoms. The summed E-state index contributed by atoms with van der Waals surface area (Å²) in [4.78, 5) is 24.5. The minimum Gasteiger partial charge on any atom is -0.481 e. The van der Waals surface area contributed by atoms with Crippen molar-refractivity contribution >= 4 is 12.0 Å². The number of carbonyl (C=O) groups excluding carboxylic acids is 1. The van der Waals surface area contributed by atoms with Crippen molar-refractivity contribution in [3.8, 4) is 0 Å². The molecule has 6 heteroatoms. The van der Waals surface area contributed by atoms with E-state index in [9.17, 15) is 9.59 Å². The van der Waals surface area contributed by atoms with Crippen molar-refractivity contribution in [2.45, 2.75) is 51.6 Å². The van der Waals surface area contributed by atoms with Crippen molar-refractivity contribution in [1.29, 1.82) is 0 Å². The Morgan fingerprint density at radius 1 is 1.47 bits per heavy atom. The van der Waals surface area contributed by atoms with Gasteiger partial charge in [-0.15, -0.1) is 0 Å². The number of rotatable bonds is 7. The van der Waals surface area contributed by atoms with E-state index < -0.39 is 5.97 Å². The number of likely N-dealkylation sites (N-methyl/N-ethyl adjacent to an activating group) is 1. The topological polar surface area (TPSA) is 81.7 Å². The van der Waals surface area contributed by atoms with Crippen LogP contribution in [0.3, 0.4) is 0 Å². The Kier molecular flexibility index (Phi) is 6.62. The van der Waals surface area contributed by atoms with E-state index in [0.29, 0.717) is 19.0 Å². The number of urea groups is 1. The van der Waals surface area contributed by atoms with E-state index in [2.05, 4.69) is 22.5 Å². The average Bonchev–Trinajstić information content (AvgIpc) is 2.81. The first-order chi connectivity index (χ1) is 9.02. The SMILES string of the molecule is CCN1CCCC1CNC(=O)NC(C)CCC(=O)O. The molecule has 1 aliphatic heterocycles. The summed E-state index contributed by atoms with van der Waals surface area (Å²) in [5.74, 6) is -0.835. The molecule has 2 atom stereocenters. The van der Waals surface area contributed by atoms with Crippen molar-refractivity contribution in [2.24, 2.45) is 0 Å². The van der Waals surface area contributed by atoms with Crippen LogP contribution in [0.25, 0.3) is 0 Å². The zero-order chi connectivity index (χ0) is 14.3. The summed E-state index contributed by atoms with van der Waals surface area (Å²) < 4.78 is 0. The maximum absolute atomic E-state index is 11.7. The number of amides is 2. The van der Waals surface area contributed by atoms with Crippen LogP contribution in [0.4, 0.5) is 4.79 Å². The fourth-order valence-electron chi connectivity index (χ4n) is 2.44. The van der Waals surface area contributed by atoms with E-state index in [1.54, 1.807) is 0 Å². The van der Waals surface area contributed by atoms with Gasteiger partial charge in [0.1, 0.15) is 0 Å². The quantitative estimate of drug-likeness (QED) is 0.646. The number of carboxylic acid groups (broad SMARTS) is 1. The number of aliphatic carboxylic acids is 1. The molecule has 1 saturated heterocycles. The Labute approximate surface area is 114 Å². The number of likely N-dealkylation sites (tertiary alicyclic amines) is 1. The summed E-state index contributed by atoms with van der Waals surface area (Å²) in [5, 5.41) is 14.2. The van der Waals surface area contributed by atoms with E-state index in [-0.39, 0.29) is 18.5 Å². The second-order valence-corrected chi connectivity index (χ2v) is 5.11. The molecule has 0 aromatic rings. The molecule has 110 valence electrons. The summed E-state index contributed by atoms with van der Waals surface area (Å²) >= 11 is 0. The molecule has 0 aromatic heterocycles. The molecule has 0 aromatic carbocycles. The van der Waals surface area contributed by atoms with E-state index in [1.165, 1.54) is 6.42 Å². The lowest BCUT2D eigenvalue weighted by Crippen LogP contribution is -2.46. The molecular formula is C13H25N3O3. The van der Waals surface area contributed by atoms with Crippen LogP contribution in [0.5, 0.6) is 0 Å². The first kappa shape index (κ1) is 15.8. The molecule has 1 rings (SSSR count). The normalized spacial score (nSPS) is 21.1. The van der Waals surface area contributed by atoms with Gasteiger partial charge in [0.05, 0.1) is 0 Å². The monoisotopic (exact) mass is 271 g/mol. The fourth-order valence-corrected chi connectivity index (χ4v) is 2.44. The van der Waals surface area contributed by atoms with E-state index >= 15 is 0 Å². The number of hydrogen-bond acceptors (Lipinski definition) is 3. The van der Waals surface area contributed by atoms with Gasteiger partial charge < -0.3 is 15.7 Å². The Balaban J connectivity index is 2.18. The molecule has 2 amide bonds. The van der Waals surface area contributed by atoms with E-state index in [1.807, 2.05) is 6.92 Å². The molecule has 2 unspecified atom stereocenters. The second-order valence-electron chi connectivity index (χ2n) is 5.11. The van der Waals surface area contributed by atoms with Gasteiger partial charge in [-0.1, -0.05) is 6.92 Å². The third kappa shape index (κ3) is 5.92. The van der Waals surface area contributed by atoms with Crippen LogP contribution in [0.2, 0.25) is 0 Å². The predicted molar refractivity (Wildman–Crippen MR) is 73.1 cm³/mol. The van der Waals surface area contributed by atoms with Crippen molar-refractivity contribution < 1.29 is 14.7 Å². The summed E-state index contributed by atoms with van der Waals surface area (Å²) in [5.41, 5.74) is 0. The minimum absolute atomic E-state index is 0.0771. The Morgan fingerprint density at radius 2 is 2.21 bits per heavy atom. The Bertz CT molecular complexity index is 310. The molecule has 19 heavy (non-hydrogen) atoms. The van der Waals surface area contributed by atoms with Crippen LogP contribution < -0.4 is 10.6 Å². The molecule has 1 aliphatic rings. The van der Waals surface area contributed by atoms with Gasteiger partial charge >= 0.3 is 12.0 Å². The molecule has 1 fully saturated rings. The standard InChI is InChI=1S/C13H25N3O3/c1-3-16-8-4-5-11(16)9-14-13(19)15-10(2)6-7-12(17)18/h10-11H,3-9H2,1-2H3,(H,17,18)(H2,14,15,19). The highest BCUT2D eigenvalue weighted by Crippen LogP contribution is 2.15. The maximum Gasteiger partial charge on any atom is 0.315 e. The van der Waals surface area contributed by atoms with Gasteiger partial charge in [-0.25, -0.2) is 4.79 Å². The third-order valence-electron chi connectivity index (χ3n) is 3.57. The van der Waals surface area contributed by atoms with E-state index in [4.69, 9.17) is 5.11 Å². The van der Waals surface area contributed by atoms with Gasteiger partial charge in [-0.2, -0.15) is 0 Å². The van der Waals surface area contributed by atoms with Crippen LogP contribution in [0.1, 0.15) is 39.5 Å². The van der Waals surface area contributed by atoms with Crippen LogP contribution in [-0.4, -0.2) is 53.7 Å². The van der Waals surface area contributed by atoms with Gasteiger partial charge in [0.25, 0.3) is 0 Å². The molecule has 0 spiro atoms. The lowest BCUT2D eigenvalue weighted by Gasteiger charge is -2.23. The molecule has 0 radical (unpaired) electrons. The van der Waals surface area contributed by atoms with Crippen LogP contribution in [0.15, 0.2) is 0 Å². The van der Waals surface area contributed by atoms with Crippen molar-refractivity contribution in [3.05, 3.63) is 0 Å². The first-order valence-electron chi connectivity index (χ1n) is 7.03. The van der Waals surface area contributed by atoms with Gasteiger partial charge in [-0.3, -0.25) is 9.69 Å². The molecule has 0 aliphatic carbocycles. The number of nitrogens with one attached hydrogen (secondary N) is 2.